The Labute approximate surface area is 110 Å². The van der Waals surface area contributed by atoms with Crippen molar-refractivity contribution in [2.45, 2.75) is 33.2 Å². The van der Waals surface area contributed by atoms with Crippen LogP contribution in [0.2, 0.25) is 0 Å². The maximum absolute atomic E-state index is 4.34. The van der Waals surface area contributed by atoms with E-state index in [1.165, 1.54) is 38.0 Å². The van der Waals surface area contributed by atoms with Crippen LogP contribution in [-0.2, 0) is 6.54 Å². The van der Waals surface area contributed by atoms with Gasteiger partial charge in [-0.05, 0) is 57.4 Å². The van der Waals surface area contributed by atoms with Crippen LogP contribution in [0, 0.1) is 12.8 Å². The Bertz CT molecular complexity index is 339. The molecule has 0 atom stereocenters. The molecule has 4 nitrogen and oxygen atoms in total. The summed E-state index contributed by atoms with van der Waals surface area (Å²) in [6, 6.07) is 0. The molecule has 0 aliphatic carbocycles. The summed E-state index contributed by atoms with van der Waals surface area (Å²) in [5.74, 6) is 0.883. The lowest BCUT2D eigenvalue weighted by molar-refractivity contribution is 0.175. The van der Waals surface area contributed by atoms with Crippen molar-refractivity contribution in [2.75, 3.05) is 32.7 Å². The van der Waals surface area contributed by atoms with Crippen molar-refractivity contribution in [1.82, 2.24) is 20.0 Å². The molecular weight excluding hydrogens is 224 g/mol. The Morgan fingerprint density at radius 1 is 1.33 bits per heavy atom. The van der Waals surface area contributed by atoms with E-state index in [1.807, 2.05) is 6.20 Å². The van der Waals surface area contributed by atoms with Gasteiger partial charge in [0.1, 0.15) is 0 Å². The van der Waals surface area contributed by atoms with Gasteiger partial charge in [0.15, 0.2) is 0 Å². The van der Waals surface area contributed by atoms with Crippen molar-refractivity contribution in [3.63, 3.8) is 0 Å². The third kappa shape index (κ3) is 4.10. The molecule has 0 bridgehead atoms. The lowest BCUT2D eigenvalue weighted by Gasteiger charge is -2.31. The molecule has 102 valence electrons. The zero-order valence-corrected chi connectivity index (χ0v) is 11.7. The summed E-state index contributed by atoms with van der Waals surface area (Å²) in [7, 11) is 0. The molecule has 1 aromatic rings. The van der Waals surface area contributed by atoms with Crippen LogP contribution in [0.15, 0.2) is 12.4 Å². The number of nitrogens with one attached hydrogen (secondary N) is 1. The number of aryl methyl sites for hydroxylation is 1. The van der Waals surface area contributed by atoms with Crippen LogP contribution >= 0.6 is 0 Å². The van der Waals surface area contributed by atoms with Crippen LogP contribution in [0.3, 0.4) is 0 Å². The Morgan fingerprint density at radius 2 is 2.11 bits per heavy atom. The third-order valence-electron chi connectivity index (χ3n) is 3.80. The summed E-state index contributed by atoms with van der Waals surface area (Å²) in [5, 5.41) is 7.80. The topological polar surface area (TPSA) is 33.1 Å². The molecule has 2 heterocycles. The lowest BCUT2D eigenvalue weighted by atomic mass is 9.97. The van der Waals surface area contributed by atoms with E-state index in [9.17, 15) is 0 Å². The van der Waals surface area contributed by atoms with Gasteiger partial charge in [0.2, 0.25) is 0 Å². The van der Waals surface area contributed by atoms with Crippen LogP contribution in [0.25, 0.3) is 0 Å². The second kappa shape index (κ2) is 6.90. The van der Waals surface area contributed by atoms with Crippen molar-refractivity contribution in [1.29, 1.82) is 0 Å². The number of hydrogen-bond acceptors (Lipinski definition) is 3. The van der Waals surface area contributed by atoms with Crippen molar-refractivity contribution >= 4 is 0 Å². The minimum absolute atomic E-state index is 0.883. The molecule has 1 aromatic heterocycles. The van der Waals surface area contributed by atoms with E-state index in [1.54, 1.807) is 0 Å². The standard InChI is InChI=1S/C14H26N4/c1-3-15-11-14-4-6-17(7-5-14)8-9-18-12-13(2)10-16-18/h10,12,14-15H,3-9,11H2,1-2H3. The fourth-order valence-electron chi connectivity index (χ4n) is 2.60. The van der Waals surface area contributed by atoms with E-state index in [2.05, 4.69) is 40.0 Å². The number of hydrogen-bond donors (Lipinski definition) is 1. The first-order chi connectivity index (χ1) is 8.78. The Kier molecular flexibility index (Phi) is 5.20. The van der Waals surface area contributed by atoms with Crippen LogP contribution in [0.1, 0.15) is 25.3 Å². The number of piperidine rings is 1. The second-order valence-corrected chi connectivity index (χ2v) is 5.37. The highest BCUT2D eigenvalue weighted by Gasteiger charge is 2.18. The predicted octanol–water partition coefficient (Wildman–Crippen LogP) is 1.51. The van der Waals surface area contributed by atoms with Gasteiger partial charge in [-0.2, -0.15) is 5.10 Å². The Morgan fingerprint density at radius 3 is 2.72 bits per heavy atom. The van der Waals surface area contributed by atoms with Gasteiger partial charge in [-0.3, -0.25) is 4.68 Å². The van der Waals surface area contributed by atoms with E-state index in [0.717, 1.165) is 25.6 Å². The van der Waals surface area contributed by atoms with E-state index < -0.39 is 0 Å². The molecule has 0 aromatic carbocycles. The molecule has 2 rings (SSSR count). The van der Waals surface area contributed by atoms with Crippen LogP contribution in [0.5, 0.6) is 0 Å². The van der Waals surface area contributed by atoms with E-state index >= 15 is 0 Å². The van der Waals surface area contributed by atoms with Crippen molar-refractivity contribution in [3.05, 3.63) is 18.0 Å². The van der Waals surface area contributed by atoms with Crippen molar-refractivity contribution in [3.8, 4) is 0 Å². The van der Waals surface area contributed by atoms with Gasteiger partial charge < -0.3 is 10.2 Å². The zero-order valence-electron chi connectivity index (χ0n) is 11.7. The largest absolute Gasteiger partial charge is 0.317 e. The number of rotatable bonds is 6. The van der Waals surface area contributed by atoms with Gasteiger partial charge in [0.25, 0.3) is 0 Å². The average molecular weight is 250 g/mol. The molecule has 0 saturated carbocycles. The molecule has 1 fully saturated rings. The smallest absolute Gasteiger partial charge is 0.0536 e. The minimum Gasteiger partial charge on any atom is -0.317 e. The summed E-state index contributed by atoms with van der Waals surface area (Å²) >= 11 is 0. The van der Waals surface area contributed by atoms with Gasteiger partial charge in [-0.15, -0.1) is 0 Å². The Balaban J connectivity index is 1.64. The minimum atomic E-state index is 0.883. The molecule has 4 heteroatoms. The highest BCUT2D eigenvalue weighted by molar-refractivity contribution is 4.99. The summed E-state index contributed by atoms with van der Waals surface area (Å²) in [6.07, 6.45) is 6.73. The molecule has 1 aliphatic rings. The predicted molar refractivity (Wildman–Crippen MR) is 74.7 cm³/mol. The maximum Gasteiger partial charge on any atom is 0.0536 e. The van der Waals surface area contributed by atoms with Gasteiger partial charge in [0, 0.05) is 12.7 Å². The van der Waals surface area contributed by atoms with Gasteiger partial charge in [-0.25, -0.2) is 0 Å². The van der Waals surface area contributed by atoms with Gasteiger partial charge in [-0.1, -0.05) is 6.92 Å². The lowest BCUT2D eigenvalue weighted by Crippen LogP contribution is -2.38. The molecule has 1 N–H and O–H groups in total. The summed E-state index contributed by atoms with van der Waals surface area (Å²) in [4.78, 5) is 2.57. The average Bonchev–Trinajstić information content (AvgIpc) is 2.81. The summed E-state index contributed by atoms with van der Waals surface area (Å²) < 4.78 is 2.06. The molecule has 0 spiro atoms. The molecule has 0 radical (unpaired) electrons. The molecular formula is C14H26N4. The summed E-state index contributed by atoms with van der Waals surface area (Å²) in [6.45, 7) is 11.2. The highest BCUT2D eigenvalue weighted by Crippen LogP contribution is 2.16. The molecule has 1 aliphatic heterocycles. The first-order valence-corrected chi connectivity index (χ1v) is 7.20. The quantitative estimate of drug-likeness (QED) is 0.831. The number of nitrogens with zero attached hydrogens (tertiary/aromatic N) is 3. The van der Waals surface area contributed by atoms with Gasteiger partial charge in [0.05, 0.1) is 12.7 Å². The second-order valence-electron chi connectivity index (χ2n) is 5.37. The number of aromatic nitrogens is 2. The fourth-order valence-corrected chi connectivity index (χ4v) is 2.60. The molecule has 18 heavy (non-hydrogen) atoms. The SMILES string of the molecule is CCNCC1CCN(CCn2cc(C)cn2)CC1. The first kappa shape index (κ1) is 13.6. The maximum atomic E-state index is 4.34. The van der Waals surface area contributed by atoms with Gasteiger partial charge >= 0.3 is 0 Å². The van der Waals surface area contributed by atoms with E-state index in [0.29, 0.717) is 0 Å². The van der Waals surface area contributed by atoms with Crippen LogP contribution in [-0.4, -0.2) is 47.4 Å². The fraction of sp³-hybridized carbons (Fsp3) is 0.786. The van der Waals surface area contributed by atoms with E-state index in [-0.39, 0.29) is 0 Å². The van der Waals surface area contributed by atoms with Crippen molar-refractivity contribution in [2.24, 2.45) is 5.92 Å². The monoisotopic (exact) mass is 250 g/mol. The molecule has 1 saturated heterocycles. The van der Waals surface area contributed by atoms with Crippen LogP contribution in [0.4, 0.5) is 0 Å². The highest BCUT2D eigenvalue weighted by atomic mass is 15.3. The molecule has 0 unspecified atom stereocenters. The number of likely N-dealkylation sites (tertiary alicyclic amines) is 1. The van der Waals surface area contributed by atoms with Crippen molar-refractivity contribution < 1.29 is 0 Å². The zero-order chi connectivity index (χ0) is 12.8. The Hall–Kier alpha value is -0.870. The third-order valence-corrected chi connectivity index (χ3v) is 3.80. The summed E-state index contributed by atoms with van der Waals surface area (Å²) in [5.41, 5.74) is 1.25. The van der Waals surface area contributed by atoms with Crippen LogP contribution < -0.4 is 5.32 Å². The van der Waals surface area contributed by atoms with E-state index in [4.69, 9.17) is 0 Å². The first-order valence-electron chi connectivity index (χ1n) is 7.20. The normalized spacial score (nSPS) is 18.3. The molecule has 0 amide bonds.